The van der Waals surface area contributed by atoms with Gasteiger partial charge in [0, 0.05) is 24.2 Å². The average Bonchev–Trinajstić information content (AvgIpc) is 2.67. The topological polar surface area (TPSA) is 75.2 Å². The molecule has 1 aliphatic heterocycles. The van der Waals surface area contributed by atoms with E-state index in [1.54, 1.807) is 18.2 Å². The third-order valence-electron chi connectivity index (χ3n) is 3.69. The predicted molar refractivity (Wildman–Crippen MR) is 81.1 cm³/mol. The van der Waals surface area contributed by atoms with Crippen molar-refractivity contribution in [3.63, 3.8) is 0 Å². The molecule has 2 aromatic rings. The van der Waals surface area contributed by atoms with E-state index in [9.17, 15) is 9.90 Å². The highest BCUT2D eigenvalue weighted by Gasteiger charge is 2.30. The quantitative estimate of drug-likeness (QED) is 0.874. The molecule has 0 aliphatic carbocycles. The van der Waals surface area contributed by atoms with Crippen LogP contribution < -0.4 is 10.3 Å². The summed E-state index contributed by atoms with van der Waals surface area (Å²) >= 11 is 5.99. The van der Waals surface area contributed by atoms with Gasteiger partial charge in [0.1, 0.15) is 5.75 Å². The van der Waals surface area contributed by atoms with Crippen molar-refractivity contribution in [2.75, 3.05) is 6.61 Å². The second-order valence-corrected chi connectivity index (χ2v) is 5.54. The second-order valence-electron chi connectivity index (χ2n) is 5.11. The van der Waals surface area contributed by atoms with Crippen LogP contribution in [0.1, 0.15) is 23.6 Å². The first-order valence-electron chi connectivity index (χ1n) is 6.83. The van der Waals surface area contributed by atoms with Gasteiger partial charge in [0.25, 0.3) is 5.56 Å². The summed E-state index contributed by atoms with van der Waals surface area (Å²) in [6.45, 7) is 0.339. The van der Waals surface area contributed by atoms with Gasteiger partial charge >= 0.3 is 0 Å². The fourth-order valence-electron chi connectivity index (χ4n) is 2.66. The number of hydrogen-bond acceptors (Lipinski definition) is 4. The van der Waals surface area contributed by atoms with Crippen molar-refractivity contribution in [3.05, 3.63) is 63.0 Å². The lowest BCUT2D eigenvalue weighted by Gasteiger charge is -2.24. The first-order valence-corrected chi connectivity index (χ1v) is 7.20. The van der Waals surface area contributed by atoms with E-state index in [-0.39, 0.29) is 5.56 Å². The highest BCUT2D eigenvalue weighted by molar-refractivity contribution is 6.30. The zero-order valence-electron chi connectivity index (χ0n) is 11.6. The number of benzene rings is 1. The third kappa shape index (κ3) is 2.59. The van der Waals surface area contributed by atoms with Gasteiger partial charge in [0.2, 0.25) is 0 Å². The van der Waals surface area contributed by atoms with Gasteiger partial charge in [0.05, 0.1) is 35.4 Å². The number of fused-ring (bicyclic) bond motifs is 1. The monoisotopic (exact) mass is 316 g/mol. The Morgan fingerprint density at radius 2 is 2.18 bits per heavy atom. The Labute approximate surface area is 132 Å². The SMILES string of the molecule is N#Cc1ccc2c(c1)[C@@H](n1cc(Cl)ccc1=O)[C@H](O)CCO2. The zero-order valence-corrected chi connectivity index (χ0v) is 12.3. The molecule has 5 nitrogen and oxygen atoms in total. The van der Waals surface area contributed by atoms with Crippen molar-refractivity contribution in [1.82, 2.24) is 4.57 Å². The van der Waals surface area contributed by atoms with Gasteiger partial charge in [-0.05, 0) is 24.3 Å². The number of rotatable bonds is 1. The van der Waals surface area contributed by atoms with Crippen molar-refractivity contribution in [2.45, 2.75) is 18.6 Å². The summed E-state index contributed by atoms with van der Waals surface area (Å²) in [5.74, 6) is 0.562. The van der Waals surface area contributed by atoms with Gasteiger partial charge in [-0.3, -0.25) is 4.79 Å². The summed E-state index contributed by atoms with van der Waals surface area (Å²) in [6.07, 6.45) is 1.05. The van der Waals surface area contributed by atoms with E-state index in [0.717, 1.165) is 0 Å². The van der Waals surface area contributed by atoms with E-state index in [1.807, 2.05) is 0 Å². The average molecular weight is 317 g/mol. The van der Waals surface area contributed by atoms with Crippen molar-refractivity contribution in [2.24, 2.45) is 0 Å². The standard InChI is InChI=1S/C16H13ClN2O3/c17-11-2-4-15(21)19(9-11)16-12-7-10(8-18)1-3-14(12)22-6-5-13(16)20/h1-4,7,9,13,16,20H,5-6H2/t13-,16-/m1/s1. The van der Waals surface area contributed by atoms with Gasteiger partial charge < -0.3 is 14.4 Å². The molecule has 0 radical (unpaired) electrons. The molecular formula is C16H13ClN2O3. The van der Waals surface area contributed by atoms with Crippen LogP contribution in [0.25, 0.3) is 0 Å². The Morgan fingerprint density at radius 1 is 1.36 bits per heavy atom. The minimum absolute atomic E-state index is 0.274. The fourth-order valence-corrected chi connectivity index (χ4v) is 2.83. The van der Waals surface area contributed by atoms with E-state index in [2.05, 4.69) is 6.07 Å². The first-order chi connectivity index (χ1) is 10.6. The summed E-state index contributed by atoms with van der Waals surface area (Å²) in [5.41, 5.74) is 0.772. The Balaban J connectivity index is 2.23. The smallest absolute Gasteiger partial charge is 0.251 e. The number of aliphatic hydroxyl groups is 1. The van der Waals surface area contributed by atoms with Crippen molar-refractivity contribution in [1.29, 1.82) is 5.26 Å². The van der Waals surface area contributed by atoms with Crippen molar-refractivity contribution in [3.8, 4) is 11.8 Å². The van der Waals surface area contributed by atoms with Gasteiger partial charge in [-0.15, -0.1) is 0 Å². The minimum Gasteiger partial charge on any atom is -0.493 e. The molecule has 1 aromatic heterocycles. The number of pyridine rings is 1. The number of nitriles is 1. The van der Waals surface area contributed by atoms with Crippen LogP contribution in [0.4, 0.5) is 0 Å². The molecule has 0 saturated heterocycles. The maximum atomic E-state index is 12.2. The molecule has 0 unspecified atom stereocenters. The van der Waals surface area contributed by atoms with E-state index in [0.29, 0.717) is 34.9 Å². The first kappa shape index (κ1) is 14.6. The Morgan fingerprint density at radius 3 is 2.95 bits per heavy atom. The number of hydrogen-bond donors (Lipinski definition) is 1. The van der Waals surface area contributed by atoms with Crippen LogP contribution in [0.3, 0.4) is 0 Å². The lowest BCUT2D eigenvalue weighted by atomic mass is 9.97. The van der Waals surface area contributed by atoms with Crippen LogP contribution in [-0.4, -0.2) is 22.4 Å². The molecule has 0 saturated carbocycles. The van der Waals surface area contributed by atoms with Gasteiger partial charge in [-0.25, -0.2) is 0 Å². The minimum atomic E-state index is -0.814. The molecule has 6 heteroatoms. The molecule has 112 valence electrons. The van der Waals surface area contributed by atoms with E-state index >= 15 is 0 Å². The Bertz CT molecular complexity index is 810. The van der Waals surface area contributed by atoms with Crippen molar-refractivity contribution >= 4 is 11.6 Å². The van der Waals surface area contributed by atoms with Crippen LogP contribution in [0.2, 0.25) is 5.02 Å². The number of halogens is 1. The molecule has 2 atom stereocenters. The highest BCUT2D eigenvalue weighted by Crippen LogP contribution is 2.34. The summed E-state index contributed by atoms with van der Waals surface area (Å²) in [6, 6.07) is 9.26. The molecule has 2 heterocycles. The Hall–Kier alpha value is -2.29. The fraction of sp³-hybridized carbons (Fsp3) is 0.250. The number of aliphatic hydroxyl groups excluding tert-OH is 1. The van der Waals surface area contributed by atoms with Crippen LogP contribution >= 0.6 is 11.6 Å². The van der Waals surface area contributed by atoms with Crippen LogP contribution in [0.15, 0.2) is 41.3 Å². The van der Waals surface area contributed by atoms with E-state index in [4.69, 9.17) is 21.6 Å². The van der Waals surface area contributed by atoms with Gasteiger partial charge in [-0.1, -0.05) is 11.6 Å². The molecule has 0 fully saturated rings. The Kier molecular flexibility index (Phi) is 3.88. The normalized spacial score (nSPS) is 20.4. The largest absolute Gasteiger partial charge is 0.493 e. The summed E-state index contributed by atoms with van der Waals surface area (Å²) in [5, 5.41) is 19.9. The second kappa shape index (κ2) is 5.84. The van der Waals surface area contributed by atoms with Gasteiger partial charge in [0.15, 0.2) is 0 Å². The molecule has 1 N–H and O–H groups in total. The summed E-state index contributed by atoms with van der Waals surface area (Å²) in [4.78, 5) is 12.2. The van der Waals surface area contributed by atoms with Crippen LogP contribution in [0, 0.1) is 11.3 Å². The van der Waals surface area contributed by atoms with Gasteiger partial charge in [-0.2, -0.15) is 5.26 Å². The molecule has 0 bridgehead atoms. The maximum absolute atomic E-state index is 12.2. The lowest BCUT2D eigenvalue weighted by molar-refractivity contribution is 0.112. The van der Waals surface area contributed by atoms with Crippen molar-refractivity contribution < 1.29 is 9.84 Å². The molecule has 1 aromatic carbocycles. The molecule has 3 rings (SSSR count). The molecule has 0 amide bonds. The zero-order chi connectivity index (χ0) is 15.7. The lowest BCUT2D eigenvalue weighted by Crippen LogP contribution is -2.32. The molecular weight excluding hydrogens is 304 g/mol. The highest BCUT2D eigenvalue weighted by atomic mass is 35.5. The number of nitrogens with zero attached hydrogens (tertiary/aromatic N) is 2. The summed E-state index contributed by atoms with van der Waals surface area (Å²) < 4.78 is 7.01. The van der Waals surface area contributed by atoms with E-state index < -0.39 is 12.1 Å². The molecule has 0 spiro atoms. The van der Waals surface area contributed by atoms with Crippen LogP contribution in [-0.2, 0) is 0 Å². The predicted octanol–water partition coefficient (Wildman–Crippen LogP) is 2.11. The number of ether oxygens (including phenoxy) is 1. The number of aromatic nitrogens is 1. The molecule has 1 aliphatic rings. The maximum Gasteiger partial charge on any atom is 0.251 e. The van der Waals surface area contributed by atoms with Crippen LogP contribution in [0.5, 0.6) is 5.75 Å². The summed E-state index contributed by atoms with van der Waals surface area (Å²) in [7, 11) is 0. The molecule has 22 heavy (non-hydrogen) atoms. The van der Waals surface area contributed by atoms with E-state index in [1.165, 1.54) is 22.9 Å². The third-order valence-corrected chi connectivity index (χ3v) is 3.92.